The first-order valence-corrected chi connectivity index (χ1v) is 9.24. The number of rotatable bonds is 7. The topological polar surface area (TPSA) is 63.1 Å². The van der Waals surface area contributed by atoms with Crippen LogP contribution in [0.2, 0.25) is 0 Å². The van der Waals surface area contributed by atoms with Crippen molar-refractivity contribution in [3.8, 4) is 0 Å². The number of amides is 1. The molecule has 1 aliphatic heterocycles. The van der Waals surface area contributed by atoms with Gasteiger partial charge in [0, 0.05) is 38.5 Å². The van der Waals surface area contributed by atoms with Gasteiger partial charge in [0.1, 0.15) is 11.6 Å². The van der Waals surface area contributed by atoms with E-state index in [4.69, 9.17) is 0 Å². The molecule has 1 aromatic heterocycles. The molecule has 6 nitrogen and oxygen atoms in total. The molecule has 1 amide bonds. The van der Waals surface area contributed by atoms with Gasteiger partial charge in [-0.05, 0) is 24.8 Å². The Morgan fingerprint density at radius 3 is 2.80 bits per heavy atom. The predicted octanol–water partition coefficient (Wildman–Crippen LogP) is 1.72. The maximum Gasteiger partial charge on any atom is 0.221 e. The lowest BCUT2D eigenvalue weighted by atomic mass is 10.1. The lowest BCUT2D eigenvalue weighted by Crippen LogP contribution is -2.37. The Balaban J connectivity index is 1.19. The summed E-state index contributed by atoms with van der Waals surface area (Å²) in [4.78, 5) is 14.4. The van der Waals surface area contributed by atoms with Gasteiger partial charge in [-0.15, -0.1) is 10.2 Å². The third-order valence-corrected chi connectivity index (χ3v) is 5.04. The molecule has 0 radical (unpaired) electrons. The van der Waals surface area contributed by atoms with Gasteiger partial charge in [0.05, 0.1) is 6.54 Å². The maximum absolute atomic E-state index is 12.1. The summed E-state index contributed by atoms with van der Waals surface area (Å²) in [6, 6.07) is 10.2. The van der Waals surface area contributed by atoms with Crippen molar-refractivity contribution < 1.29 is 4.79 Å². The zero-order chi connectivity index (χ0) is 17.1. The van der Waals surface area contributed by atoms with Crippen molar-refractivity contribution in [2.75, 3.05) is 19.6 Å². The van der Waals surface area contributed by atoms with Crippen LogP contribution in [0.1, 0.15) is 42.4 Å². The van der Waals surface area contributed by atoms with Crippen molar-refractivity contribution in [3.63, 3.8) is 0 Å². The molecule has 0 bridgehead atoms. The fourth-order valence-electron chi connectivity index (χ4n) is 3.40. The minimum atomic E-state index is 0.127. The van der Waals surface area contributed by atoms with Gasteiger partial charge in [-0.25, -0.2) is 0 Å². The number of nitrogens with zero attached hydrogens (tertiary/aromatic N) is 4. The Hall–Kier alpha value is -2.21. The summed E-state index contributed by atoms with van der Waals surface area (Å²) < 4.78 is 2.29. The molecule has 0 unspecified atom stereocenters. The molecule has 1 aromatic carbocycles. The number of carbonyl (C=O) groups is 1. The highest BCUT2D eigenvalue weighted by Gasteiger charge is 2.31. The van der Waals surface area contributed by atoms with Crippen molar-refractivity contribution in [3.05, 3.63) is 47.5 Å². The molecule has 1 saturated carbocycles. The zero-order valence-corrected chi connectivity index (χ0v) is 14.5. The van der Waals surface area contributed by atoms with Gasteiger partial charge in [0.2, 0.25) is 5.91 Å². The summed E-state index contributed by atoms with van der Waals surface area (Å²) in [5, 5.41) is 11.7. The number of carbonyl (C=O) groups excluding carboxylic acids is 1. The maximum atomic E-state index is 12.1. The second-order valence-electron chi connectivity index (χ2n) is 7.01. The van der Waals surface area contributed by atoms with Crippen LogP contribution in [-0.4, -0.2) is 45.2 Å². The molecule has 2 aliphatic rings. The summed E-state index contributed by atoms with van der Waals surface area (Å²) >= 11 is 0. The fourth-order valence-corrected chi connectivity index (χ4v) is 3.40. The Kier molecular flexibility index (Phi) is 4.78. The van der Waals surface area contributed by atoms with Gasteiger partial charge in [-0.3, -0.25) is 9.69 Å². The monoisotopic (exact) mass is 339 g/mol. The Bertz CT molecular complexity index is 723. The van der Waals surface area contributed by atoms with Gasteiger partial charge >= 0.3 is 0 Å². The van der Waals surface area contributed by atoms with Crippen LogP contribution in [-0.2, 0) is 24.3 Å². The number of hydrogen-bond acceptors (Lipinski definition) is 4. The lowest BCUT2D eigenvalue weighted by molar-refractivity contribution is -0.121. The van der Waals surface area contributed by atoms with Crippen LogP contribution in [0.5, 0.6) is 0 Å². The summed E-state index contributed by atoms with van der Waals surface area (Å²) in [5.74, 6) is 3.00. The van der Waals surface area contributed by atoms with Gasteiger partial charge in [-0.1, -0.05) is 30.3 Å². The second kappa shape index (κ2) is 7.35. The Morgan fingerprint density at radius 1 is 1.16 bits per heavy atom. The predicted molar refractivity (Wildman–Crippen MR) is 95.0 cm³/mol. The van der Waals surface area contributed by atoms with Gasteiger partial charge in [0.25, 0.3) is 0 Å². The molecule has 1 aliphatic carbocycles. The third kappa shape index (κ3) is 4.07. The van der Waals surface area contributed by atoms with E-state index in [0.29, 0.717) is 18.9 Å². The van der Waals surface area contributed by atoms with Gasteiger partial charge in [-0.2, -0.15) is 0 Å². The molecule has 6 heteroatoms. The normalized spacial score (nSPS) is 17.3. The highest BCUT2D eigenvalue weighted by molar-refractivity contribution is 5.76. The summed E-state index contributed by atoms with van der Waals surface area (Å²) in [6.07, 6.45) is 3.93. The van der Waals surface area contributed by atoms with E-state index in [9.17, 15) is 4.79 Å². The minimum Gasteiger partial charge on any atom is -0.356 e. The number of benzene rings is 1. The van der Waals surface area contributed by atoms with Crippen molar-refractivity contribution in [2.24, 2.45) is 0 Å². The standard InChI is InChI=1S/C19H25N5O/c25-18(20-10-8-15-4-2-1-3-5-15)9-11-23-12-13-24-17(14-23)21-22-19(24)16-6-7-16/h1-5,16H,6-14H2,(H,20,25). The summed E-state index contributed by atoms with van der Waals surface area (Å²) in [6.45, 7) is 4.20. The molecule has 0 saturated heterocycles. The number of hydrogen-bond donors (Lipinski definition) is 1. The second-order valence-corrected chi connectivity index (χ2v) is 7.01. The van der Waals surface area contributed by atoms with Crippen molar-refractivity contribution in [2.45, 2.75) is 44.7 Å². The average molecular weight is 339 g/mol. The van der Waals surface area contributed by atoms with Crippen LogP contribution >= 0.6 is 0 Å². The lowest BCUT2D eigenvalue weighted by Gasteiger charge is -2.27. The van der Waals surface area contributed by atoms with E-state index in [1.807, 2.05) is 18.2 Å². The first-order chi connectivity index (χ1) is 12.3. The van der Waals surface area contributed by atoms with E-state index in [1.54, 1.807) is 0 Å². The van der Waals surface area contributed by atoms with Crippen LogP contribution < -0.4 is 5.32 Å². The van der Waals surface area contributed by atoms with Crippen molar-refractivity contribution in [1.29, 1.82) is 0 Å². The first-order valence-electron chi connectivity index (χ1n) is 9.24. The molecular formula is C19H25N5O. The molecule has 2 heterocycles. The minimum absolute atomic E-state index is 0.127. The molecule has 0 atom stereocenters. The largest absolute Gasteiger partial charge is 0.356 e. The molecule has 1 fully saturated rings. The van der Waals surface area contributed by atoms with Crippen LogP contribution in [0.15, 0.2) is 30.3 Å². The number of aromatic nitrogens is 3. The van der Waals surface area contributed by atoms with Crippen LogP contribution in [0, 0.1) is 0 Å². The van der Waals surface area contributed by atoms with Gasteiger partial charge < -0.3 is 9.88 Å². The highest BCUT2D eigenvalue weighted by Crippen LogP contribution is 2.39. The van der Waals surface area contributed by atoms with E-state index in [0.717, 1.165) is 38.4 Å². The zero-order valence-electron chi connectivity index (χ0n) is 14.5. The van der Waals surface area contributed by atoms with E-state index in [1.165, 1.54) is 24.2 Å². The fraction of sp³-hybridized carbons (Fsp3) is 0.526. The number of nitrogens with one attached hydrogen (secondary N) is 1. The smallest absolute Gasteiger partial charge is 0.221 e. The van der Waals surface area contributed by atoms with E-state index >= 15 is 0 Å². The molecule has 1 N–H and O–H groups in total. The third-order valence-electron chi connectivity index (χ3n) is 5.04. The summed E-state index contributed by atoms with van der Waals surface area (Å²) in [5.41, 5.74) is 1.25. The van der Waals surface area contributed by atoms with E-state index < -0.39 is 0 Å². The Labute approximate surface area is 148 Å². The van der Waals surface area contributed by atoms with Crippen LogP contribution in [0.4, 0.5) is 0 Å². The highest BCUT2D eigenvalue weighted by atomic mass is 16.1. The number of fused-ring (bicyclic) bond motifs is 1. The van der Waals surface area contributed by atoms with Crippen molar-refractivity contribution in [1.82, 2.24) is 25.0 Å². The average Bonchev–Trinajstić information content (AvgIpc) is 3.40. The van der Waals surface area contributed by atoms with E-state index in [-0.39, 0.29) is 5.91 Å². The molecule has 2 aromatic rings. The van der Waals surface area contributed by atoms with E-state index in [2.05, 4.69) is 37.1 Å². The molecule has 4 rings (SSSR count). The van der Waals surface area contributed by atoms with Gasteiger partial charge in [0.15, 0.2) is 0 Å². The van der Waals surface area contributed by atoms with Crippen LogP contribution in [0.3, 0.4) is 0 Å². The molecular weight excluding hydrogens is 314 g/mol. The SMILES string of the molecule is O=C(CCN1CCn2c(nnc2C2CC2)C1)NCCc1ccccc1. The van der Waals surface area contributed by atoms with Crippen LogP contribution in [0.25, 0.3) is 0 Å². The molecule has 0 spiro atoms. The van der Waals surface area contributed by atoms with Crippen molar-refractivity contribution >= 4 is 5.91 Å². The Morgan fingerprint density at radius 2 is 2.00 bits per heavy atom. The molecule has 132 valence electrons. The molecule has 25 heavy (non-hydrogen) atoms. The quantitative estimate of drug-likeness (QED) is 0.834. The summed E-state index contributed by atoms with van der Waals surface area (Å²) in [7, 11) is 0. The first kappa shape index (κ1) is 16.3.